The summed E-state index contributed by atoms with van der Waals surface area (Å²) in [6.45, 7) is 4.91. The molecule has 5 nitrogen and oxygen atoms in total. The van der Waals surface area contributed by atoms with Crippen molar-refractivity contribution in [3.63, 3.8) is 0 Å². The Morgan fingerprint density at radius 3 is 3.05 bits per heavy atom. The van der Waals surface area contributed by atoms with Gasteiger partial charge in [0.2, 0.25) is 5.88 Å². The van der Waals surface area contributed by atoms with Crippen LogP contribution in [-0.2, 0) is 4.74 Å². The van der Waals surface area contributed by atoms with Gasteiger partial charge in [0.05, 0.1) is 18.8 Å². The first-order valence-corrected chi connectivity index (χ1v) is 6.76. The number of ether oxygens (including phenoxy) is 2. The van der Waals surface area contributed by atoms with E-state index in [1.165, 1.54) is 19.0 Å². The number of hydrogen-bond acceptors (Lipinski definition) is 5. The van der Waals surface area contributed by atoms with Crippen LogP contribution in [-0.4, -0.2) is 37.3 Å². The first kappa shape index (κ1) is 13.8. The van der Waals surface area contributed by atoms with Gasteiger partial charge in [0.1, 0.15) is 0 Å². The van der Waals surface area contributed by atoms with Crippen molar-refractivity contribution in [1.29, 1.82) is 0 Å². The topological polar surface area (TPSA) is 60.5 Å². The summed E-state index contributed by atoms with van der Waals surface area (Å²) in [6.07, 6.45) is 3.88. The maximum Gasteiger partial charge on any atom is 0.339 e. The number of esters is 1. The second kappa shape index (κ2) is 7.09. The number of aromatic nitrogens is 1. The average molecular weight is 264 g/mol. The smallest absolute Gasteiger partial charge is 0.339 e. The molecule has 0 amide bonds. The van der Waals surface area contributed by atoms with Gasteiger partial charge in [-0.3, -0.25) is 0 Å². The molecule has 0 aliphatic carbocycles. The number of hydrogen-bond donors (Lipinski definition) is 1. The van der Waals surface area contributed by atoms with Crippen LogP contribution in [0.4, 0.5) is 0 Å². The van der Waals surface area contributed by atoms with Gasteiger partial charge in [0, 0.05) is 24.7 Å². The molecular weight excluding hydrogens is 244 g/mol. The molecular formula is C14H20N2O3. The molecule has 1 N–H and O–H groups in total. The number of carbonyl (C=O) groups excluding carboxylic acids is 1. The normalized spacial score (nSPS) is 18.9. The van der Waals surface area contributed by atoms with E-state index in [4.69, 9.17) is 9.47 Å². The van der Waals surface area contributed by atoms with Gasteiger partial charge in [-0.15, -0.1) is 0 Å². The highest BCUT2D eigenvalue weighted by molar-refractivity contribution is 5.89. The summed E-state index contributed by atoms with van der Waals surface area (Å²) in [4.78, 5) is 15.6. The predicted molar refractivity (Wildman–Crippen MR) is 71.3 cm³/mol. The van der Waals surface area contributed by atoms with Crippen LogP contribution in [0, 0.1) is 5.92 Å². The van der Waals surface area contributed by atoms with Gasteiger partial charge in [-0.1, -0.05) is 0 Å². The van der Waals surface area contributed by atoms with Crippen molar-refractivity contribution >= 4 is 5.97 Å². The Morgan fingerprint density at radius 1 is 1.53 bits per heavy atom. The second-order valence-corrected chi connectivity index (χ2v) is 4.63. The molecule has 0 radical (unpaired) electrons. The maximum absolute atomic E-state index is 11.4. The molecule has 2 heterocycles. The minimum absolute atomic E-state index is 0.349. The summed E-state index contributed by atoms with van der Waals surface area (Å²) < 4.78 is 10.5. The lowest BCUT2D eigenvalue weighted by molar-refractivity contribution is 0.0525. The van der Waals surface area contributed by atoms with Crippen molar-refractivity contribution < 1.29 is 14.3 Å². The van der Waals surface area contributed by atoms with Crippen molar-refractivity contribution in [3.05, 3.63) is 23.9 Å². The molecule has 1 atom stereocenters. The Kier molecular flexibility index (Phi) is 5.15. The number of carbonyl (C=O) groups is 1. The quantitative estimate of drug-likeness (QED) is 0.819. The SMILES string of the molecule is CCOC(=O)c1ccc(OCC2CCCNC2)nc1. The maximum atomic E-state index is 11.4. The van der Waals surface area contributed by atoms with Gasteiger partial charge in [-0.25, -0.2) is 9.78 Å². The lowest BCUT2D eigenvalue weighted by Crippen LogP contribution is -2.33. The van der Waals surface area contributed by atoms with E-state index >= 15 is 0 Å². The third-order valence-corrected chi connectivity index (χ3v) is 3.11. The van der Waals surface area contributed by atoms with E-state index in [0.717, 1.165) is 13.1 Å². The summed E-state index contributed by atoms with van der Waals surface area (Å²) in [7, 11) is 0. The molecule has 1 unspecified atom stereocenters. The number of pyridine rings is 1. The summed E-state index contributed by atoms with van der Waals surface area (Å²) in [6, 6.07) is 3.39. The van der Waals surface area contributed by atoms with Crippen LogP contribution in [0.1, 0.15) is 30.1 Å². The van der Waals surface area contributed by atoms with E-state index in [2.05, 4.69) is 10.3 Å². The zero-order chi connectivity index (χ0) is 13.5. The highest BCUT2D eigenvalue weighted by Gasteiger charge is 2.14. The Morgan fingerprint density at radius 2 is 2.42 bits per heavy atom. The molecule has 0 spiro atoms. The van der Waals surface area contributed by atoms with Gasteiger partial charge in [-0.2, -0.15) is 0 Å². The lowest BCUT2D eigenvalue weighted by Gasteiger charge is -2.22. The molecule has 0 bridgehead atoms. The number of nitrogens with zero attached hydrogens (tertiary/aromatic N) is 1. The Hall–Kier alpha value is -1.62. The molecule has 5 heteroatoms. The van der Waals surface area contributed by atoms with Crippen LogP contribution >= 0.6 is 0 Å². The monoisotopic (exact) mass is 264 g/mol. The zero-order valence-corrected chi connectivity index (χ0v) is 11.2. The average Bonchev–Trinajstić information content (AvgIpc) is 2.47. The molecule has 2 rings (SSSR count). The number of piperidine rings is 1. The Bertz CT molecular complexity index is 400. The second-order valence-electron chi connectivity index (χ2n) is 4.63. The summed E-state index contributed by atoms with van der Waals surface area (Å²) in [5.74, 6) is 0.747. The van der Waals surface area contributed by atoms with Crippen molar-refractivity contribution in [2.24, 2.45) is 5.92 Å². The van der Waals surface area contributed by atoms with Gasteiger partial charge in [0.15, 0.2) is 0 Å². The van der Waals surface area contributed by atoms with Gasteiger partial charge in [0.25, 0.3) is 0 Å². The molecule has 0 aromatic carbocycles. The zero-order valence-electron chi connectivity index (χ0n) is 11.2. The van der Waals surface area contributed by atoms with Crippen LogP contribution in [0.3, 0.4) is 0 Å². The number of rotatable bonds is 5. The largest absolute Gasteiger partial charge is 0.477 e. The Labute approximate surface area is 113 Å². The lowest BCUT2D eigenvalue weighted by atomic mass is 10.0. The van der Waals surface area contributed by atoms with Crippen LogP contribution in [0.2, 0.25) is 0 Å². The highest BCUT2D eigenvalue weighted by Crippen LogP contribution is 2.13. The Balaban J connectivity index is 1.82. The molecule has 1 fully saturated rings. The van der Waals surface area contributed by atoms with Crippen LogP contribution in [0.5, 0.6) is 5.88 Å². The fourth-order valence-electron chi connectivity index (χ4n) is 2.07. The summed E-state index contributed by atoms with van der Waals surface area (Å²) in [5, 5.41) is 3.35. The fraction of sp³-hybridized carbons (Fsp3) is 0.571. The van der Waals surface area contributed by atoms with E-state index in [0.29, 0.717) is 30.6 Å². The predicted octanol–water partition coefficient (Wildman–Crippen LogP) is 1.64. The fourth-order valence-corrected chi connectivity index (χ4v) is 2.07. The van der Waals surface area contributed by atoms with E-state index in [1.54, 1.807) is 19.1 Å². The number of nitrogens with one attached hydrogen (secondary N) is 1. The first-order valence-electron chi connectivity index (χ1n) is 6.76. The molecule has 1 aromatic heterocycles. The van der Waals surface area contributed by atoms with Crippen LogP contribution in [0.25, 0.3) is 0 Å². The molecule has 1 aliphatic rings. The summed E-state index contributed by atoms with van der Waals surface area (Å²) >= 11 is 0. The molecule has 1 aromatic rings. The minimum Gasteiger partial charge on any atom is -0.477 e. The van der Waals surface area contributed by atoms with Crippen LogP contribution < -0.4 is 10.1 Å². The van der Waals surface area contributed by atoms with Crippen molar-refractivity contribution in [2.45, 2.75) is 19.8 Å². The first-order chi connectivity index (χ1) is 9.29. The third-order valence-electron chi connectivity index (χ3n) is 3.11. The van der Waals surface area contributed by atoms with E-state index < -0.39 is 0 Å². The van der Waals surface area contributed by atoms with E-state index in [1.807, 2.05) is 0 Å². The minimum atomic E-state index is -0.349. The van der Waals surface area contributed by atoms with Crippen molar-refractivity contribution in [2.75, 3.05) is 26.3 Å². The molecule has 104 valence electrons. The van der Waals surface area contributed by atoms with E-state index in [-0.39, 0.29) is 5.97 Å². The molecule has 1 aliphatic heterocycles. The van der Waals surface area contributed by atoms with Crippen molar-refractivity contribution in [1.82, 2.24) is 10.3 Å². The van der Waals surface area contributed by atoms with Gasteiger partial charge < -0.3 is 14.8 Å². The standard InChI is InChI=1S/C14H20N2O3/c1-2-18-14(17)12-5-6-13(16-9-12)19-10-11-4-3-7-15-8-11/h5-6,9,11,15H,2-4,7-8,10H2,1H3. The van der Waals surface area contributed by atoms with E-state index in [9.17, 15) is 4.79 Å². The van der Waals surface area contributed by atoms with Crippen LogP contribution in [0.15, 0.2) is 18.3 Å². The molecule has 0 saturated carbocycles. The molecule has 1 saturated heterocycles. The van der Waals surface area contributed by atoms with Gasteiger partial charge >= 0.3 is 5.97 Å². The highest BCUT2D eigenvalue weighted by atomic mass is 16.5. The summed E-state index contributed by atoms with van der Waals surface area (Å²) in [5.41, 5.74) is 0.452. The van der Waals surface area contributed by atoms with Gasteiger partial charge in [-0.05, 0) is 32.4 Å². The van der Waals surface area contributed by atoms with Crippen molar-refractivity contribution in [3.8, 4) is 5.88 Å². The molecule has 19 heavy (non-hydrogen) atoms. The third kappa shape index (κ3) is 4.21.